The van der Waals surface area contributed by atoms with E-state index >= 15 is 0 Å². The number of thiophene rings is 1. The normalized spacial score (nSPS) is 10.3. The fourth-order valence-corrected chi connectivity index (χ4v) is 3.89. The van der Waals surface area contributed by atoms with Gasteiger partial charge in [0.15, 0.2) is 0 Å². The summed E-state index contributed by atoms with van der Waals surface area (Å²) >= 11 is 13.6. The summed E-state index contributed by atoms with van der Waals surface area (Å²) in [5, 5.41) is 13.6. The fourth-order valence-electron chi connectivity index (χ4n) is 2.24. The molecule has 1 aromatic carbocycles. The van der Waals surface area contributed by atoms with Crippen molar-refractivity contribution in [2.24, 2.45) is 0 Å². The number of anilines is 1. The van der Waals surface area contributed by atoms with E-state index in [9.17, 15) is 10.1 Å². The molecule has 0 radical (unpaired) electrons. The van der Waals surface area contributed by atoms with Gasteiger partial charge in [0.25, 0.3) is 0 Å². The van der Waals surface area contributed by atoms with E-state index in [0.717, 1.165) is 16.9 Å². The second-order valence-electron chi connectivity index (χ2n) is 4.73. The predicted molar refractivity (Wildman–Crippen MR) is 91.9 cm³/mol. The SMILES string of the molecule is CCc1c(C)sc(NC(=O)Cc2c(Cl)cccc2Cl)c1C#N. The van der Waals surface area contributed by atoms with Crippen LogP contribution in [0.3, 0.4) is 0 Å². The smallest absolute Gasteiger partial charge is 0.229 e. The van der Waals surface area contributed by atoms with Crippen LogP contribution in [0.15, 0.2) is 18.2 Å². The Morgan fingerprint density at radius 1 is 1.32 bits per heavy atom. The average Bonchev–Trinajstić information content (AvgIpc) is 2.77. The monoisotopic (exact) mass is 352 g/mol. The quantitative estimate of drug-likeness (QED) is 0.843. The number of hydrogen-bond acceptors (Lipinski definition) is 3. The number of aryl methyl sites for hydroxylation is 1. The zero-order valence-electron chi connectivity index (χ0n) is 12.2. The van der Waals surface area contributed by atoms with Crippen LogP contribution in [0.4, 0.5) is 5.00 Å². The fraction of sp³-hybridized carbons (Fsp3) is 0.250. The van der Waals surface area contributed by atoms with Gasteiger partial charge in [-0.2, -0.15) is 5.26 Å². The number of rotatable bonds is 4. The highest BCUT2D eigenvalue weighted by atomic mass is 35.5. The second-order valence-corrected chi connectivity index (χ2v) is 6.77. The first-order valence-electron chi connectivity index (χ1n) is 6.73. The third-order valence-corrected chi connectivity index (χ3v) is 5.10. The van der Waals surface area contributed by atoms with Crippen LogP contribution in [-0.2, 0) is 17.6 Å². The third-order valence-electron chi connectivity index (χ3n) is 3.33. The van der Waals surface area contributed by atoms with Crippen LogP contribution in [0, 0.1) is 18.3 Å². The molecule has 0 spiro atoms. The van der Waals surface area contributed by atoms with Crippen LogP contribution in [0.1, 0.15) is 28.5 Å². The molecule has 0 bridgehead atoms. The van der Waals surface area contributed by atoms with E-state index in [1.54, 1.807) is 18.2 Å². The van der Waals surface area contributed by atoms with E-state index in [0.29, 0.717) is 26.2 Å². The maximum Gasteiger partial charge on any atom is 0.229 e. The van der Waals surface area contributed by atoms with Crippen molar-refractivity contribution < 1.29 is 4.79 Å². The van der Waals surface area contributed by atoms with Crippen molar-refractivity contribution in [2.45, 2.75) is 26.7 Å². The highest BCUT2D eigenvalue weighted by Gasteiger charge is 2.17. The Hall–Kier alpha value is -1.54. The molecule has 22 heavy (non-hydrogen) atoms. The molecule has 0 saturated carbocycles. The summed E-state index contributed by atoms with van der Waals surface area (Å²) in [5.41, 5.74) is 2.12. The standard InChI is InChI=1S/C16H14Cl2N2OS/c1-3-10-9(2)22-16(12(10)8-19)20-15(21)7-11-13(17)5-4-6-14(11)18/h4-6H,3,7H2,1-2H3,(H,20,21). The molecule has 0 unspecified atom stereocenters. The Morgan fingerprint density at radius 3 is 2.50 bits per heavy atom. The maximum atomic E-state index is 12.2. The third kappa shape index (κ3) is 3.44. The summed E-state index contributed by atoms with van der Waals surface area (Å²) in [6, 6.07) is 7.29. The number of nitriles is 1. The molecule has 0 atom stereocenters. The first-order valence-corrected chi connectivity index (χ1v) is 8.30. The van der Waals surface area contributed by atoms with Gasteiger partial charge in [0.2, 0.25) is 5.91 Å². The minimum absolute atomic E-state index is 0.0712. The van der Waals surface area contributed by atoms with Crippen molar-refractivity contribution in [3.63, 3.8) is 0 Å². The van der Waals surface area contributed by atoms with Crippen molar-refractivity contribution in [1.82, 2.24) is 0 Å². The van der Waals surface area contributed by atoms with E-state index in [1.165, 1.54) is 11.3 Å². The Balaban J connectivity index is 2.22. The van der Waals surface area contributed by atoms with Gasteiger partial charge in [-0.3, -0.25) is 4.79 Å². The summed E-state index contributed by atoms with van der Waals surface area (Å²) in [7, 11) is 0. The van der Waals surface area contributed by atoms with Gasteiger partial charge in [-0.05, 0) is 36.6 Å². The minimum atomic E-state index is -0.240. The molecule has 0 aliphatic carbocycles. The number of halogens is 2. The Morgan fingerprint density at radius 2 is 1.95 bits per heavy atom. The summed E-state index contributed by atoms with van der Waals surface area (Å²) in [6.45, 7) is 3.94. The summed E-state index contributed by atoms with van der Waals surface area (Å²) in [4.78, 5) is 13.3. The molecule has 114 valence electrons. The minimum Gasteiger partial charge on any atom is -0.316 e. The molecule has 2 rings (SSSR count). The molecule has 1 N–H and O–H groups in total. The molecule has 3 nitrogen and oxygen atoms in total. The van der Waals surface area contributed by atoms with Gasteiger partial charge >= 0.3 is 0 Å². The van der Waals surface area contributed by atoms with E-state index < -0.39 is 0 Å². The molecule has 2 aromatic rings. The van der Waals surface area contributed by atoms with Crippen LogP contribution >= 0.6 is 34.5 Å². The molecule has 1 heterocycles. The zero-order valence-corrected chi connectivity index (χ0v) is 14.5. The van der Waals surface area contributed by atoms with Crippen molar-refractivity contribution in [3.05, 3.63) is 49.8 Å². The van der Waals surface area contributed by atoms with Gasteiger partial charge < -0.3 is 5.32 Å². The van der Waals surface area contributed by atoms with E-state index in [2.05, 4.69) is 11.4 Å². The van der Waals surface area contributed by atoms with Crippen LogP contribution in [-0.4, -0.2) is 5.91 Å². The summed E-state index contributed by atoms with van der Waals surface area (Å²) in [6.07, 6.45) is 0.833. The van der Waals surface area contributed by atoms with Crippen molar-refractivity contribution >= 4 is 45.4 Å². The number of nitrogens with one attached hydrogen (secondary N) is 1. The van der Waals surface area contributed by atoms with E-state index in [1.807, 2.05) is 13.8 Å². The summed E-state index contributed by atoms with van der Waals surface area (Å²) in [5.74, 6) is -0.240. The molecule has 1 aromatic heterocycles. The van der Waals surface area contributed by atoms with Gasteiger partial charge in [0.05, 0.1) is 12.0 Å². The van der Waals surface area contributed by atoms with Gasteiger partial charge in [-0.15, -0.1) is 11.3 Å². The first kappa shape index (κ1) is 16.8. The Kier molecular flexibility index (Phi) is 5.47. The van der Waals surface area contributed by atoms with Crippen molar-refractivity contribution in [1.29, 1.82) is 5.26 Å². The molecule has 1 amide bonds. The Bertz CT molecular complexity index is 742. The lowest BCUT2D eigenvalue weighted by atomic mass is 10.1. The average molecular weight is 353 g/mol. The largest absolute Gasteiger partial charge is 0.316 e. The summed E-state index contributed by atoms with van der Waals surface area (Å²) < 4.78 is 0. The number of carbonyl (C=O) groups excluding carboxylic acids is 1. The second kappa shape index (κ2) is 7.15. The highest BCUT2D eigenvalue weighted by Crippen LogP contribution is 2.33. The molecular weight excluding hydrogens is 339 g/mol. The van der Waals surface area contributed by atoms with Gasteiger partial charge in [0, 0.05) is 14.9 Å². The number of hydrogen-bond donors (Lipinski definition) is 1. The van der Waals surface area contributed by atoms with Gasteiger partial charge in [-0.1, -0.05) is 36.2 Å². The molecule has 0 aliphatic heterocycles. The van der Waals surface area contributed by atoms with Crippen LogP contribution in [0.2, 0.25) is 10.0 Å². The molecule has 0 saturated heterocycles. The Labute approximate surface area is 143 Å². The van der Waals surface area contributed by atoms with Crippen LogP contribution < -0.4 is 5.32 Å². The number of nitrogens with zero attached hydrogens (tertiary/aromatic N) is 1. The lowest BCUT2D eigenvalue weighted by Crippen LogP contribution is -2.15. The first-order chi connectivity index (χ1) is 10.5. The van der Waals surface area contributed by atoms with Gasteiger partial charge in [0.1, 0.15) is 11.1 Å². The van der Waals surface area contributed by atoms with Gasteiger partial charge in [-0.25, -0.2) is 0 Å². The lowest BCUT2D eigenvalue weighted by molar-refractivity contribution is -0.115. The predicted octanol–water partition coefficient (Wildman–Crippen LogP) is 4.98. The van der Waals surface area contributed by atoms with Crippen molar-refractivity contribution in [2.75, 3.05) is 5.32 Å². The number of amides is 1. The van der Waals surface area contributed by atoms with Crippen LogP contribution in [0.25, 0.3) is 0 Å². The van der Waals surface area contributed by atoms with E-state index in [4.69, 9.17) is 23.2 Å². The molecule has 6 heteroatoms. The molecule has 0 fully saturated rings. The lowest BCUT2D eigenvalue weighted by Gasteiger charge is -2.07. The van der Waals surface area contributed by atoms with Crippen molar-refractivity contribution in [3.8, 4) is 6.07 Å². The topological polar surface area (TPSA) is 52.9 Å². The highest BCUT2D eigenvalue weighted by molar-refractivity contribution is 7.16. The number of carbonyl (C=O) groups is 1. The maximum absolute atomic E-state index is 12.2. The van der Waals surface area contributed by atoms with Crippen LogP contribution in [0.5, 0.6) is 0 Å². The molecular formula is C16H14Cl2N2OS. The zero-order chi connectivity index (χ0) is 16.3. The van der Waals surface area contributed by atoms with E-state index in [-0.39, 0.29) is 12.3 Å². The number of benzene rings is 1. The molecule has 0 aliphatic rings.